The van der Waals surface area contributed by atoms with Gasteiger partial charge in [-0.25, -0.2) is 0 Å². The van der Waals surface area contributed by atoms with Gasteiger partial charge in [-0.15, -0.1) is 0 Å². The molecule has 2 atom stereocenters. The zero-order valence-electron chi connectivity index (χ0n) is 16.3. The number of amides is 1. The molecule has 0 spiro atoms. The molecule has 152 valence electrons. The van der Waals surface area contributed by atoms with Crippen molar-refractivity contribution in [1.29, 1.82) is 0 Å². The quantitative estimate of drug-likeness (QED) is 0.707. The normalized spacial score (nSPS) is 19.5. The first-order valence-electron chi connectivity index (χ1n) is 8.99. The highest BCUT2D eigenvalue weighted by Crippen LogP contribution is 2.21. The van der Waals surface area contributed by atoms with E-state index in [1.54, 1.807) is 31.4 Å². The molecule has 1 amide bonds. The maximum atomic E-state index is 12.5. The number of carbonyl (C=O) groups is 1. The van der Waals surface area contributed by atoms with Crippen molar-refractivity contribution in [3.05, 3.63) is 24.3 Å². The lowest BCUT2D eigenvalue weighted by Crippen LogP contribution is -2.50. The van der Waals surface area contributed by atoms with Gasteiger partial charge in [-0.1, -0.05) is 0 Å². The molecule has 0 unspecified atom stereocenters. The van der Waals surface area contributed by atoms with Crippen LogP contribution in [0.25, 0.3) is 0 Å². The highest BCUT2D eigenvalue weighted by atomic mass is 32.2. The van der Waals surface area contributed by atoms with Crippen LogP contribution in [0.2, 0.25) is 0 Å². The van der Waals surface area contributed by atoms with Crippen LogP contribution in [0, 0.1) is 5.92 Å². The number of benzene rings is 1. The minimum atomic E-state index is -3.50. The summed E-state index contributed by atoms with van der Waals surface area (Å²) in [6.45, 7) is 2.84. The molecule has 1 N–H and O–H groups in total. The first-order valence-corrected chi connectivity index (χ1v) is 10.4. The summed E-state index contributed by atoms with van der Waals surface area (Å²) < 4.78 is 37.9. The predicted octanol–water partition coefficient (Wildman–Crippen LogP) is 1.10. The number of hydrogen-bond donors (Lipinski definition) is 1. The molecule has 1 fully saturated rings. The van der Waals surface area contributed by atoms with Gasteiger partial charge in [-0.2, -0.15) is 17.0 Å². The first-order chi connectivity index (χ1) is 12.7. The summed E-state index contributed by atoms with van der Waals surface area (Å²) in [6, 6.07) is 7.03. The Morgan fingerprint density at radius 2 is 1.93 bits per heavy atom. The van der Waals surface area contributed by atoms with Crippen LogP contribution in [-0.4, -0.2) is 69.9 Å². The predicted molar refractivity (Wildman–Crippen MR) is 103 cm³/mol. The van der Waals surface area contributed by atoms with E-state index in [9.17, 15) is 13.2 Å². The molecule has 1 aromatic rings. The van der Waals surface area contributed by atoms with Gasteiger partial charge in [-0.3, -0.25) is 4.79 Å². The highest BCUT2D eigenvalue weighted by molar-refractivity contribution is 7.86. The molecule has 0 saturated carbocycles. The zero-order chi connectivity index (χ0) is 20.0. The minimum absolute atomic E-state index is 0.139. The lowest BCUT2D eigenvalue weighted by molar-refractivity contribution is -0.126. The fourth-order valence-corrected chi connectivity index (χ4v) is 4.08. The van der Waals surface area contributed by atoms with Crippen molar-refractivity contribution < 1.29 is 22.7 Å². The fraction of sp³-hybridized carbons (Fsp3) is 0.611. The average Bonchev–Trinajstić information content (AvgIpc) is 2.66. The Hall–Kier alpha value is -1.84. The van der Waals surface area contributed by atoms with Gasteiger partial charge >= 0.3 is 0 Å². The maximum absolute atomic E-state index is 12.5. The van der Waals surface area contributed by atoms with Crippen molar-refractivity contribution in [3.63, 3.8) is 0 Å². The molecule has 0 aliphatic carbocycles. The Bertz CT molecular complexity index is 721. The molecule has 1 aliphatic rings. The number of methoxy groups -OCH3 is 1. The smallest absolute Gasteiger partial charge is 0.281 e. The second-order valence-corrected chi connectivity index (χ2v) is 9.03. The van der Waals surface area contributed by atoms with Crippen molar-refractivity contribution in [1.82, 2.24) is 13.9 Å². The maximum Gasteiger partial charge on any atom is 0.281 e. The highest BCUT2D eigenvalue weighted by Gasteiger charge is 2.33. The van der Waals surface area contributed by atoms with E-state index in [0.29, 0.717) is 31.7 Å². The van der Waals surface area contributed by atoms with Crippen molar-refractivity contribution in [2.45, 2.75) is 25.8 Å². The molecule has 1 heterocycles. The SMILES string of the molecule is COc1ccc(OC[C@H](C)NC(=O)[C@@H]2CCCN(S(=O)(=O)N(C)C)C2)cc1. The molecule has 9 heteroatoms. The van der Waals surface area contributed by atoms with Crippen LogP contribution in [0.4, 0.5) is 0 Å². The van der Waals surface area contributed by atoms with Crippen molar-refractivity contribution in [2.75, 3.05) is 40.9 Å². The molecule has 27 heavy (non-hydrogen) atoms. The monoisotopic (exact) mass is 399 g/mol. The van der Waals surface area contributed by atoms with E-state index in [1.165, 1.54) is 22.7 Å². The summed E-state index contributed by atoms with van der Waals surface area (Å²) >= 11 is 0. The fourth-order valence-electron chi connectivity index (χ4n) is 2.89. The van der Waals surface area contributed by atoms with Gasteiger partial charge in [0.15, 0.2) is 0 Å². The number of ether oxygens (including phenoxy) is 2. The van der Waals surface area contributed by atoms with E-state index in [1.807, 2.05) is 6.92 Å². The minimum Gasteiger partial charge on any atom is -0.497 e. The standard InChI is InChI=1S/C18H29N3O5S/c1-14(13-26-17-9-7-16(25-4)8-10-17)19-18(22)15-6-5-11-21(12-15)27(23,24)20(2)3/h7-10,14-15H,5-6,11-13H2,1-4H3,(H,19,22)/t14-,15+/m0/s1. The Kier molecular flexibility index (Phi) is 7.46. The zero-order valence-corrected chi connectivity index (χ0v) is 17.2. The van der Waals surface area contributed by atoms with Crippen LogP contribution in [0.5, 0.6) is 11.5 Å². The third kappa shape index (κ3) is 5.82. The van der Waals surface area contributed by atoms with Crippen LogP contribution in [-0.2, 0) is 15.0 Å². The molecule has 0 bridgehead atoms. The van der Waals surface area contributed by atoms with E-state index in [-0.39, 0.29) is 24.4 Å². The largest absolute Gasteiger partial charge is 0.497 e. The molecule has 1 aromatic carbocycles. The van der Waals surface area contributed by atoms with Crippen LogP contribution in [0.1, 0.15) is 19.8 Å². The molecule has 8 nitrogen and oxygen atoms in total. The molecular formula is C18H29N3O5S. The summed E-state index contributed by atoms with van der Waals surface area (Å²) in [4.78, 5) is 12.5. The second-order valence-electron chi connectivity index (χ2n) is 6.88. The van der Waals surface area contributed by atoms with Gasteiger partial charge < -0.3 is 14.8 Å². The van der Waals surface area contributed by atoms with Gasteiger partial charge in [0.05, 0.1) is 19.1 Å². The van der Waals surface area contributed by atoms with Crippen molar-refractivity contribution in [3.8, 4) is 11.5 Å². The second kappa shape index (κ2) is 9.38. The number of nitrogens with zero attached hydrogens (tertiary/aromatic N) is 2. The van der Waals surface area contributed by atoms with E-state index < -0.39 is 10.2 Å². The first kappa shape index (κ1) is 21.5. The number of piperidine rings is 1. The number of rotatable bonds is 8. The van der Waals surface area contributed by atoms with Crippen LogP contribution in [0.3, 0.4) is 0 Å². The Morgan fingerprint density at radius 1 is 1.30 bits per heavy atom. The van der Waals surface area contributed by atoms with E-state index >= 15 is 0 Å². The number of carbonyl (C=O) groups excluding carboxylic acids is 1. The van der Waals surface area contributed by atoms with Gasteiger partial charge in [0, 0.05) is 27.2 Å². The van der Waals surface area contributed by atoms with Crippen LogP contribution >= 0.6 is 0 Å². The molecule has 0 aromatic heterocycles. The van der Waals surface area contributed by atoms with Crippen LogP contribution in [0.15, 0.2) is 24.3 Å². The van der Waals surface area contributed by atoms with E-state index in [4.69, 9.17) is 9.47 Å². The molecule has 1 aliphatic heterocycles. The Labute approximate surface area is 161 Å². The number of nitrogens with one attached hydrogen (secondary N) is 1. The molecule has 1 saturated heterocycles. The summed E-state index contributed by atoms with van der Waals surface area (Å²) in [5.74, 6) is 0.951. The van der Waals surface area contributed by atoms with Gasteiger partial charge in [0.2, 0.25) is 5.91 Å². The molecular weight excluding hydrogens is 370 g/mol. The third-order valence-corrected chi connectivity index (χ3v) is 6.40. The lowest BCUT2D eigenvalue weighted by Gasteiger charge is -2.33. The summed E-state index contributed by atoms with van der Waals surface area (Å²) in [5, 5.41) is 2.92. The summed E-state index contributed by atoms with van der Waals surface area (Å²) in [7, 11) is 1.10. The molecule has 0 radical (unpaired) electrons. The number of hydrogen-bond acceptors (Lipinski definition) is 5. The Balaban J connectivity index is 1.84. The van der Waals surface area contributed by atoms with E-state index in [0.717, 1.165) is 5.75 Å². The third-order valence-electron chi connectivity index (χ3n) is 4.49. The summed E-state index contributed by atoms with van der Waals surface area (Å²) in [5.41, 5.74) is 0. The van der Waals surface area contributed by atoms with Crippen molar-refractivity contribution >= 4 is 16.1 Å². The average molecular weight is 400 g/mol. The topological polar surface area (TPSA) is 88.2 Å². The summed E-state index contributed by atoms with van der Waals surface area (Å²) in [6.07, 6.45) is 1.35. The lowest BCUT2D eigenvalue weighted by atomic mass is 9.98. The van der Waals surface area contributed by atoms with E-state index in [2.05, 4.69) is 5.32 Å². The Morgan fingerprint density at radius 3 is 2.52 bits per heavy atom. The van der Waals surface area contributed by atoms with Gasteiger partial charge in [0.1, 0.15) is 18.1 Å². The molecule has 2 rings (SSSR count). The van der Waals surface area contributed by atoms with Crippen molar-refractivity contribution in [2.24, 2.45) is 5.92 Å². The van der Waals surface area contributed by atoms with Gasteiger partial charge in [-0.05, 0) is 44.0 Å². The van der Waals surface area contributed by atoms with Gasteiger partial charge in [0.25, 0.3) is 10.2 Å². The van der Waals surface area contributed by atoms with Crippen LogP contribution < -0.4 is 14.8 Å².